The average Bonchev–Trinajstić information content (AvgIpc) is 3.04. The zero-order valence-electron chi connectivity index (χ0n) is 16.6. The summed E-state index contributed by atoms with van der Waals surface area (Å²) in [6, 6.07) is 25.0. The highest BCUT2D eigenvalue weighted by atomic mass is 35.5. The third kappa shape index (κ3) is 4.35. The second-order valence-corrected chi connectivity index (χ2v) is 7.78. The lowest BCUT2D eigenvalue weighted by atomic mass is 9.88. The van der Waals surface area contributed by atoms with Crippen molar-refractivity contribution in [2.24, 2.45) is 5.92 Å². The number of nitrogens with zero attached hydrogens (tertiary/aromatic N) is 1. The fourth-order valence-corrected chi connectivity index (χ4v) is 4.12. The van der Waals surface area contributed by atoms with E-state index in [0.717, 1.165) is 11.1 Å². The van der Waals surface area contributed by atoms with Crippen LogP contribution in [0, 0.1) is 5.92 Å². The molecule has 5 heteroatoms. The van der Waals surface area contributed by atoms with Gasteiger partial charge in [0.2, 0.25) is 5.78 Å². The van der Waals surface area contributed by atoms with Crippen LogP contribution >= 0.6 is 11.6 Å². The van der Waals surface area contributed by atoms with Crippen LogP contribution in [0.3, 0.4) is 0 Å². The molecule has 0 bridgehead atoms. The maximum absolute atomic E-state index is 13.1. The Labute approximate surface area is 185 Å². The van der Waals surface area contributed by atoms with Crippen molar-refractivity contribution in [1.29, 1.82) is 0 Å². The Morgan fingerprint density at radius 2 is 1.48 bits per heavy atom. The van der Waals surface area contributed by atoms with E-state index in [9.17, 15) is 14.4 Å². The highest BCUT2D eigenvalue weighted by Gasteiger charge is 2.51. The molecule has 1 aliphatic rings. The number of hydrogen-bond donors (Lipinski definition) is 0. The van der Waals surface area contributed by atoms with Gasteiger partial charge in [-0.25, -0.2) is 0 Å². The van der Waals surface area contributed by atoms with E-state index in [1.165, 1.54) is 11.0 Å². The van der Waals surface area contributed by atoms with Crippen LogP contribution in [0.5, 0.6) is 0 Å². The molecule has 1 amide bonds. The van der Waals surface area contributed by atoms with Gasteiger partial charge in [-0.3, -0.25) is 14.4 Å². The molecule has 3 aromatic rings. The largest absolute Gasteiger partial charge is 0.323 e. The summed E-state index contributed by atoms with van der Waals surface area (Å²) < 4.78 is 0. The van der Waals surface area contributed by atoms with E-state index >= 15 is 0 Å². The van der Waals surface area contributed by atoms with E-state index in [2.05, 4.69) is 0 Å². The van der Waals surface area contributed by atoms with Crippen LogP contribution in [0.25, 0.3) is 6.08 Å². The van der Waals surface area contributed by atoms with Crippen LogP contribution in [0.1, 0.15) is 22.7 Å². The van der Waals surface area contributed by atoms with Gasteiger partial charge in [0.15, 0.2) is 5.78 Å². The van der Waals surface area contributed by atoms with Crippen molar-refractivity contribution in [3.63, 3.8) is 0 Å². The molecule has 2 atom stereocenters. The molecule has 0 aliphatic carbocycles. The molecule has 1 saturated heterocycles. The number of carbonyl (C=O) groups excluding carboxylic acids is 3. The Hall–Kier alpha value is -3.50. The lowest BCUT2D eigenvalue weighted by Crippen LogP contribution is -2.30. The number of allylic oxidation sites excluding steroid dienone is 1. The Bertz CT molecular complexity index is 1140. The first-order valence-corrected chi connectivity index (χ1v) is 10.3. The third-order valence-corrected chi connectivity index (χ3v) is 5.72. The third-order valence-electron chi connectivity index (χ3n) is 5.37. The van der Waals surface area contributed by atoms with Crippen LogP contribution in [0.15, 0.2) is 91.0 Å². The Kier molecular flexibility index (Phi) is 6.10. The Morgan fingerprint density at radius 1 is 0.871 bits per heavy atom. The number of halogens is 1. The van der Waals surface area contributed by atoms with E-state index in [1.807, 2.05) is 60.7 Å². The highest BCUT2D eigenvalue weighted by molar-refractivity contribution is 6.44. The monoisotopic (exact) mass is 429 g/mol. The van der Waals surface area contributed by atoms with Gasteiger partial charge in [-0.05, 0) is 28.8 Å². The lowest BCUT2D eigenvalue weighted by Gasteiger charge is -2.27. The van der Waals surface area contributed by atoms with Gasteiger partial charge in [0, 0.05) is 11.6 Å². The molecule has 31 heavy (non-hydrogen) atoms. The highest BCUT2D eigenvalue weighted by Crippen LogP contribution is 2.40. The first-order chi connectivity index (χ1) is 15.1. The Balaban J connectivity index is 1.72. The average molecular weight is 430 g/mol. The van der Waals surface area contributed by atoms with Crippen LogP contribution in [-0.2, 0) is 20.9 Å². The van der Waals surface area contributed by atoms with Crippen LogP contribution < -0.4 is 0 Å². The molecule has 0 saturated carbocycles. The predicted octanol–water partition coefficient (Wildman–Crippen LogP) is 4.89. The summed E-state index contributed by atoms with van der Waals surface area (Å²) in [5.74, 6) is -2.93. The topological polar surface area (TPSA) is 54.5 Å². The second-order valence-electron chi connectivity index (χ2n) is 7.37. The van der Waals surface area contributed by atoms with Gasteiger partial charge in [0.05, 0.1) is 6.04 Å². The van der Waals surface area contributed by atoms with Crippen molar-refractivity contribution >= 4 is 35.2 Å². The van der Waals surface area contributed by atoms with E-state index < -0.39 is 29.4 Å². The van der Waals surface area contributed by atoms with Crippen molar-refractivity contribution in [3.05, 3.63) is 113 Å². The van der Waals surface area contributed by atoms with Crippen molar-refractivity contribution in [2.45, 2.75) is 12.6 Å². The summed E-state index contributed by atoms with van der Waals surface area (Å²) in [6.07, 6.45) is 3.03. The molecule has 0 aromatic heterocycles. The molecular formula is C26H20ClNO3. The lowest BCUT2D eigenvalue weighted by molar-refractivity contribution is -0.142. The fourth-order valence-electron chi connectivity index (χ4n) is 3.87. The first-order valence-electron chi connectivity index (χ1n) is 9.96. The first kappa shape index (κ1) is 20.8. The molecule has 1 aliphatic heterocycles. The minimum atomic E-state index is -1.14. The second kappa shape index (κ2) is 9.11. The number of rotatable bonds is 6. The molecule has 2 unspecified atom stereocenters. The molecule has 0 N–H and O–H groups in total. The number of ketones is 2. The molecule has 4 nitrogen and oxygen atoms in total. The Morgan fingerprint density at radius 3 is 2.16 bits per heavy atom. The molecular weight excluding hydrogens is 410 g/mol. The summed E-state index contributed by atoms with van der Waals surface area (Å²) in [5.41, 5.74) is 2.29. The summed E-state index contributed by atoms with van der Waals surface area (Å²) >= 11 is 6.43. The van der Waals surface area contributed by atoms with Crippen LogP contribution in [0.2, 0.25) is 5.02 Å². The molecule has 154 valence electrons. The van der Waals surface area contributed by atoms with Gasteiger partial charge in [0.25, 0.3) is 5.91 Å². The normalized spacial score (nSPS) is 18.7. The van der Waals surface area contributed by atoms with Crippen molar-refractivity contribution in [2.75, 3.05) is 0 Å². The van der Waals surface area contributed by atoms with E-state index in [1.54, 1.807) is 30.3 Å². The van der Waals surface area contributed by atoms with Gasteiger partial charge in [0.1, 0.15) is 5.92 Å². The van der Waals surface area contributed by atoms with Crippen molar-refractivity contribution in [1.82, 2.24) is 4.90 Å². The van der Waals surface area contributed by atoms with Crippen LogP contribution in [-0.4, -0.2) is 22.4 Å². The number of carbonyl (C=O) groups is 3. The maximum atomic E-state index is 13.1. The summed E-state index contributed by atoms with van der Waals surface area (Å²) in [5, 5.41) is 0.415. The smallest absolute Gasteiger partial charge is 0.291 e. The van der Waals surface area contributed by atoms with Crippen molar-refractivity contribution in [3.8, 4) is 0 Å². The number of benzene rings is 3. The van der Waals surface area contributed by atoms with Gasteiger partial charge in [-0.1, -0.05) is 96.5 Å². The van der Waals surface area contributed by atoms with E-state index in [0.29, 0.717) is 10.6 Å². The van der Waals surface area contributed by atoms with Gasteiger partial charge < -0.3 is 4.90 Å². The molecule has 1 heterocycles. The molecule has 1 fully saturated rings. The number of Topliss-reactive ketones (excluding diaryl/α,β-unsaturated/α-hetero) is 1. The molecule has 0 spiro atoms. The minimum Gasteiger partial charge on any atom is -0.323 e. The van der Waals surface area contributed by atoms with E-state index in [-0.39, 0.29) is 6.54 Å². The number of hydrogen-bond acceptors (Lipinski definition) is 3. The molecule has 0 radical (unpaired) electrons. The minimum absolute atomic E-state index is 0.216. The standard InChI is InChI=1S/C26H20ClNO3/c27-21-14-8-7-13-20(21)24-23(22(29)16-15-18-9-3-1-4-10-18)25(30)26(31)28(24)17-19-11-5-2-6-12-19/h1-16,23-24H,17H2/b16-15+. The van der Waals surface area contributed by atoms with E-state index in [4.69, 9.17) is 11.6 Å². The zero-order chi connectivity index (χ0) is 21.8. The SMILES string of the molecule is O=C(/C=C/c1ccccc1)C1C(=O)C(=O)N(Cc2ccccc2)C1c1ccccc1Cl. The summed E-state index contributed by atoms with van der Waals surface area (Å²) in [6.45, 7) is 0.216. The van der Waals surface area contributed by atoms with Gasteiger partial charge in [-0.2, -0.15) is 0 Å². The molecule has 4 rings (SSSR count). The maximum Gasteiger partial charge on any atom is 0.291 e. The molecule has 3 aromatic carbocycles. The number of likely N-dealkylation sites (tertiary alicyclic amines) is 1. The van der Waals surface area contributed by atoms with Crippen LogP contribution in [0.4, 0.5) is 0 Å². The predicted molar refractivity (Wildman–Crippen MR) is 120 cm³/mol. The van der Waals surface area contributed by atoms with Gasteiger partial charge >= 0.3 is 0 Å². The van der Waals surface area contributed by atoms with Gasteiger partial charge in [-0.15, -0.1) is 0 Å². The summed E-state index contributed by atoms with van der Waals surface area (Å²) in [7, 11) is 0. The fraction of sp³-hybridized carbons (Fsp3) is 0.115. The number of amides is 1. The quantitative estimate of drug-likeness (QED) is 0.318. The summed E-state index contributed by atoms with van der Waals surface area (Å²) in [4.78, 5) is 40.5. The van der Waals surface area contributed by atoms with Crippen molar-refractivity contribution < 1.29 is 14.4 Å². The zero-order valence-corrected chi connectivity index (χ0v) is 17.4.